The number of hydrogen-bond donors (Lipinski definition) is 2. The smallest absolute Gasteiger partial charge is 0.228 e. The summed E-state index contributed by atoms with van der Waals surface area (Å²) < 4.78 is 1.96. The summed E-state index contributed by atoms with van der Waals surface area (Å²) in [6.45, 7) is 3.78. The number of rotatable bonds is 5. The first-order chi connectivity index (χ1) is 12.4. The van der Waals surface area contributed by atoms with E-state index in [0.29, 0.717) is 11.6 Å². The van der Waals surface area contributed by atoms with Gasteiger partial charge >= 0.3 is 0 Å². The second kappa shape index (κ2) is 7.97. The molecule has 2 N–H and O–H groups in total. The molecule has 0 spiro atoms. The molecule has 2 amide bonds. The van der Waals surface area contributed by atoms with Crippen molar-refractivity contribution in [3.8, 4) is 0 Å². The minimum absolute atomic E-state index is 0.0616. The normalized spacial score (nSPS) is 10.7. The maximum Gasteiger partial charge on any atom is 0.228 e. The quantitative estimate of drug-likeness (QED) is 0.603. The fourth-order valence-electron chi connectivity index (χ4n) is 2.45. The SMILES string of the molecule is CCC(=O)Nc1nc2ccc(CC(=O)Nc3ccc(Br)c(C)c3)cc2s1. The Balaban J connectivity index is 1.70. The number of aromatic nitrogens is 1. The Morgan fingerprint density at radius 3 is 2.65 bits per heavy atom. The van der Waals surface area contributed by atoms with Crippen LogP contribution in [0, 0.1) is 6.92 Å². The third kappa shape index (κ3) is 4.47. The van der Waals surface area contributed by atoms with Gasteiger partial charge in [-0.05, 0) is 48.4 Å². The van der Waals surface area contributed by atoms with E-state index in [1.807, 2.05) is 43.3 Å². The van der Waals surface area contributed by atoms with Gasteiger partial charge in [0.1, 0.15) is 0 Å². The largest absolute Gasteiger partial charge is 0.326 e. The summed E-state index contributed by atoms with van der Waals surface area (Å²) in [5.41, 5.74) is 3.56. The van der Waals surface area contributed by atoms with E-state index >= 15 is 0 Å². The Morgan fingerprint density at radius 1 is 1.12 bits per heavy atom. The molecule has 0 saturated heterocycles. The molecule has 7 heteroatoms. The molecular weight excluding hydrogens is 414 g/mol. The van der Waals surface area contributed by atoms with Crippen molar-refractivity contribution in [3.63, 3.8) is 0 Å². The fourth-order valence-corrected chi connectivity index (χ4v) is 3.65. The topological polar surface area (TPSA) is 71.1 Å². The van der Waals surface area contributed by atoms with Crippen molar-refractivity contribution < 1.29 is 9.59 Å². The predicted molar refractivity (Wildman–Crippen MR) is 110 cm³/mol. The van der Waals surface area contributed by atoms with Crippen molar-refractivity contribution in [2.75, 3.05) is 10.6 Å². The maximum absolute atomic E-state index is 12.3. The number of fused-ring (bicyclic) bond motifs is 1. The number of carbonyl (C=O) groups excluding carboxylic acids is 2. The van der Waals surface area contributed by atoms with E-state index in [9.17, 15) is 9.59 Å². The molecule has 2 aromatic carbocycles. The Hall–Kier alpha value is -2.25. The molecule has 1 aromatic heterocycles. The van der Waals surface area contributed by atoms with Crippen molar-refractivity contribution in [1.29, 1.82) is 0 Å². The van der Waals surface area contributed by atoms with E-state index in [2.05, 4.69) is 31.5 Å². The number of nitrogens with zero attached hydrogens (tertiary/aromatic N) is 1. The number of nitrogens with one attached hydrogen (secondary N) is 2. The van der Waals surface area contributed by atoms with Crippen molar-refractivity contribution in [1.82, 2.24) is 4.98 Å². The Morgan fingerprint density at radius 2 is 1.92 bits per heavy atom. The van der Waals surface area contributed by atoms with Crippen LogP contribution in [-0.4, -0.2) is 16.8 Å². The standard InChI is InChI=1S/C19H18BrN3O2S/c1-3-17(24)23-19-22-15-7-4-12(9-16(15)26-19)10-18(25)21-13-5-6-14(20)11(2)8-13/h4-9H,3,10H2,1-2H3,(H,21,25)(H,22,23,24). The molecule has 1 heterocycles. The highest BCUT2D eigenvalue weighted by atomic mass is 79.9. The van der Waals surface area contributed by atoms with Crippen molar-refractivity contribution in [3.05, 3.63) is 52.0 Å². The van der Waals surface area contributed by atoms with Crippen LogP contribution in [0.15, 0.2) is 40.9 Å². The zero-order valence-electron chi connectivity index (χ0n) is 14.4. The van der Waals surface area contributed by atoms with Crippen LogP contribution in [0.5, 0.6) is 0 Å². The summed E-state index contributed by atoms with van der Waals surface area (Å²) in [5, 5.41) is 6.27. The Labute approximate surface area is 164 Å². The summed E-state index contributed by atoms with van der Waals surface area (Å²) >= 11 is 4.86. The highest BCUT2D eigenvalue weighted by Crippen LogP contribution is 2.27. The Kier molecular flexibility index (Phi) is 5.68. The van der Waals surface area contributed by atoms with Gasteiger partial charge in [-0.3, -0.25) is 9.59 Å². The molecule has 0 bridgehead atoms. The third-order valence-corrected chi connectivity index (χ3v) is 5.65. The van der Waals surface area contributed by atoms with E-state index in [0.717, 1.165) is 31.5 Å². The van der Waals surface area contributed by atoms with Crippen LogP contribution >= 0.6 is 27.3 Å². The summed E-state index contributed by atoms with van der Waals surface area (Å²) in [4.78, 5) is 28.2. The lowest BCUT2D eigenvalue weighted by molar-refractivity contribution is -0.116. The van der Waals surface area contributed by atoms with Gasteiger partial charge in [-0.1, -0.05) is 40.3 Å². The second-order valence-corrected chi connectivity index (χ2v) is 7.80. The molecule has 0 aliphatic heterocycles. The van der Waals surface area contributed by atoms with Gasteiger partial charge < -0.3 is 10.6 Å². The highest BCUT2D eigenvalue weighted by Gasteiger charge is 2.10. The zero-order valence-corrected chi connectivity index (χ0v) is 16.8. The van der Waals surface area contributed by atoms with Crippen molar-refractivity contribution >= 4 is 60.1 Å². The van der Waals surface area contributed by atoms with Crippen LogP contribution in [0.25, 0.3) is 10.2 Å². The second-order valence-electron chi connectivity index (χ2n) is 5.91. The van der Waals surface area contributed by atoms with Gasteiger partial charge in [-0.25, -0.2) is 4.98 Å². The molecule has 5 nitrogen and oxygen atoms in total. The molecule has 0 radical (unpaired) electrons. The molecule has 0 fully saturated rings. The van der Waals surface area contributed by atoms with E-state index in [1.54, 1.807) is 6.92 Å². The number of anilines is 2. The van der Waals surface area contributed by atoms with Crippen LogP contribution in [0.1, 0.15) is 24.5 Å². The third-order valence-electron chi connectivity index (χ3n) is 3.83. The summed E-state index contributed by atoms with van der Waals surface area (Å²) in [6, 6.07) is 11.4. The van der Waals surface area contributed by atoms with E-state index in [4.69, 9.17) is 0 Å². The van der Waals surface area contributed by atoms with Crippen LogP contribution in [-0.2, 0) is 16.0 Å². The number of amides is 2. The first-order valence-electron chi connectivity index (χ1n) is 8.20. The number of benzene rings is 2. The minimum atomic E-state index is -0.0740. The maximum atomic E-state index is 12.3. The lowest BCUT2D eigenvalue weighted by atomic mass is 10.1. The van der Waals surface area contributed by atoms with Gasteiger partial charge in [0.2, 0.25) is 11.8 Å². The fraction of sp³-hybridized carbons (Fsp3) is 0.211. The average molecular weight is 432 g/mol. The predicted octanol–water partition coefficient (Wildman–Crippen LogP) is 4.90. The monoisotopic (exact) mass is 431 g/mol. The van der Waals surface area contributed by atoms with Gasteiger partial charge in [0.15, 0.2) is 5.13 Å². The number of hydrogen-bond acceptors (Lipinski definition) is 4. The number of halogens is 1. The van der Waals surface area contributed by atoms with E-state index < -0.39 is 0 Å². The molecule has 0 aliphatic carbocycles. The highest BCUT2D eigenvalue weighted by molar-refractivity contribution is 9.10. The van der Waals surface area contributed by atoms with E-state index in [-0.39, 0.29) is 18.2 Å². The molecular formula is C19H18BrN3O2S. The van der Waals surface area contributed by atoms with Crippen LogP contribution < -0.4 is 10.6 Å². The van der Waals surface area contributed by atoms with Crippen LogP contribution in [0.3, 0.4) is 0 Å². The van der Waals surface area contributed by atoms with Gasteiger partial charge in [0.05, 0.1) is 16.6 Å². The average Bonchev–Trinajstić information content (AvgIpc) is 2.99. The molecule has 0 unspecified atom stereocenters. The molecule has 3 aromatic rings. The van der Waals surface area contributed by atoms with Crippen LogP contribution in [0.2, 0.25) is 0 Å². The van der Waals surface area contributed by atoms with Gasteiger partial charge in [0.25, 0.3) is 0 Å². The molecule has 0 atom stereocenters. The minimum Gasteiger partial charge on any atom is -0.326 e. The lowest BCUT2D eigenvalue weighted by Gasteiger charge is -2.07. The molecule has 0 saturated carbocycles. The number of aryl methyl sites for hydroxylation is 1. The summed E-state index contributed by atoms with van der Waals surface area (Å²) in [7, 11) is 0. The van der Waals surface area contributed by atoms with E-state index in [1.165, 1.54) is 11.3 Å². The van der Waals surface area contributed by atoms with Gasteiger partial charge in [0, 0.05) is 16.6 Å². The molecule has 134 valence electrons. The Bertz CT molecular complexity index is 984. The van der Waals surface area contributed by atoms with Crippen molar-refractivity contribution in [2.45, 2.75) is 26.7 Å². The molecule has 0 aliphatic rings. The first-order valence-corrected chi connectivity index (χ1v) is 9.81. The summed E-state index contributed by atoms with van der Waals surface area (Å²) in [5.74, 6) is -0.136. The van der Waals surface area contributed by atoms with Gasteiger partial charge in [-0.15, -0.1) is 0 Å². The number of carbonyl (C=O) groups is 2. The van der Waals surface area contributed by atoms with Crippen molar-refractivity contribution in [2.24, 2.45) is 0 Å². The lowest BCUT2D eigenvalue weighted by Crippen LogP contribution is -2.14. The molecule has 26 heavy (non-hydrogen) atoms. The summed E-state index contributed by atoms with van der Waals surface area (Å²) in [6.07, 6.45) is 0.691. The zero-order chi connectivity index (χ0) is 18.7. The first kappa shape index (κ1) is 18.5. The van der Waals surface area contributed by atoms with Crippen LogP contribution in [0.4, 0.5) is 10.8 Å². The number of thiazole rings is 1. The molecule has 3 rings (SSSR count). The van der Waals surface area contributed by atoms with Gasteiger partial charge in [-0.2, -0.15) is 0 Å².